The molecule has 0 saturated heterocycles. The first-order valence-electron chi connectivity index (χ1n) is 5.09. The Labute approximate surface area is 97.8 Å². The van der Waals surface area contributed by atoms with Crippen LogP contribution in [0.5, 0.6) is 5.75 Å². The maximum Gasteiger partial charge on any atom is 0.169 e. The molecular weight excluding hydrogens is 256 g/mol. The first kappa shape index (κ1) is 10.7. The smallest absolute Gasteiger partial charge is 0.169 e. The van der Waals surface area contributed by atoms with Crippen molar-refractivity contribution in [3.05, 3.63) is 27.7 Å². The third-order valence-electron chi connectivity index (χ3n) is 2.54. The van der Waals surface area contributed by atoms with E-state index in [-0.39, 0.29) is 11.7 Å². The van der Waals surface area contributed by atoms with Crippen LogP contribution in [0.4, 0.5) is 0 Å². The molecule has 0 aliphatic carbocycles. The average Bonchev–Trinajstić information content (AvgIpc) is 2.62. The van der Waals surface area contributed by atoms with Gasteiger partial charge in [-0.15, -0.1) is 0 Å². The van der Waals surface area contributed by atoms with Crippen molar-refractivity contribution >= 4 is 21.7 Å². The van der Waals surface area contributed by atoms with Gasteiger partial charge >= 0.3 is 0 Å². The standard InChI is InChI=1S/C12H13BrO2/c1-7(2)11(14)10-6-9(13)5-8-3-4-15-12(8)10/h5-7H,3-4H2,1-2H3. The van der Waals surface area contributed by atoms with Gasteiger partial charge in [0.15, 0.2) is 5.78 Å². The summed E-state index contributed by atoms with van der Waals surface area (Å²) in [5.74, 6) is 0.943. The molecule has 0 bridgehead atoms. The number of Topliss-reactive ketones (excluding diaryl/α,β-unsaturated/α-hetero) is 1. The van der Waals surface area contributed by atoms with Crippen LogP contribution in [0.25, 0.3) is 0 Å². The monoisotopic (exact) mass is 268 g/mol. The van der Waals surface area contributed by atoms with Crippen LogP contribution in [-0.2, 0) is 6.42 Å². The Hall–Kier alpha value is -0.830. The van der Waals surface area contributed by atoms with Crippen molar-refractivity contribution in [1.29, 1.82) is 0 Å². The lowest BCUT2D eigenvalue weighted by Crippen LogP contribution is -2.09. The van der Waals surface area contributed by atoms with Crippen LogP contribution in [0.15, 0.2) is 16.6 Å². The number of ether oxygens (including phenoxy) is 1. The number of fused-ring (bicyclic) bond motifs is 1. The highest BCUT2D eigenvalue weighted by Gasteiger charge is 2.23. The van der Waals surface area contributed by atoms with Crippen molar-refractivity contribution in [2.24, 2.45) is 5.92 Å². The van der Waals surface area contributed by atoms with Gasteiger partial charge in [0, 0.05) is 16.8 Å². The molecule has 2 nitrogen and oxygen atoms in total. The molecular formula is C12H13BrO2. The topological polar surface area (TPSA) is 26.3 Å². The number of ketones is 1. The van der Waals surface area contributed by atoms with Gasteiger partial charge in [-0.05, 0) is 17.7 Å². The van der Waals surface area contributed by atoms with Gasteiger partial charge in [0.05, 0.1) is 12.2 Å². The highest BCUT2D eigenvalue weighted by atomic mass is 79.9. The second-order valence-electron chi connectivity index (χ2n) is 4.06. The van der Waals surface area contributed by atoms with Gasteiger partial charge in [0.25, 0.3) is 0 Å². The van der Waals surface area contributed by atoms with E-state index in [1.165, 1.54) is 0 Å². The van der Waals surface area contributed by atoms with Gasteiger partial charge < -0.3 is 4.74 Å². The fraction of sp³-hybridized carbons (Fsp3) is 0.417. The van der Waals surface area contributed by atoms with Crippen LogP contribution in [0, 0.1) is 5.92 Å². The lowest BCUT2D eigenvalue weighted by atomic mass is 9.98. The second kappa shape index (κ2) is 3.97. The van der Waals surface area contributed by atoms with E-state index in [0.717, 1.165) is 22.2 Å². The summed E-state index contributed by atoms with van der Waals surface area (Å²) in [5.41, 5.74) is 1.85. The Bertz CT molecular complexity index is 410. The zero-order valence-electron chi connectivity index (χ0n) is 8.84. The summed E-state index contributed by atoms with van der Waals surface area (Å²) in [6.07, 6.45) is 0.896. The fourth-order valence-corrected chi connectivity index (χ4v) is 2.27. The van der Waals surface area contributed by atoms with Gasteiger partial charge in [-0.25, -0.2) is 0 Å². The van der Waals surface area contributed by atoms with Crippen LogP contribution in [0.2, 0.25) is 0 Å². The van der Waals surface area contributed by atoms with Crippen molar-refractivity contribution in [2.75, 3.05) is 6.61 Å². The third-order valence-corrected chi connectivity index (χ3v) is 3.00. The Morgan fingerprint density at radius 3 is 2.87 bits per heavy atom. The predicted molar refractivity (Wildman–Crippen MR) is 62.5 cm³/mol. The number of rotatable bonds is 2. The van der Waals surface area contributed by atoms with Crippen LogP contribution in [0.1, 0.15) is 29.8 Å². The minimum atomic E-state index is 0.00704. The molecule has 0 radical (unpaired) electrons. The van der Waals surface area contributed by atoms with E-state index in [1.54, 1.807) is 0 Å². The number of carbonyl (C=O) groups is 1. The van der Waals surface area contributed by atoms with E-state index >= 15 is 0 Å². The summed E-state index contributed by atoms with van der Waals surface area (Å²) in [5, 5.41) is 0. The maximum absolute atomic E-state index is 12.0. The summed E-state index contributed by atoms with van der Waals surface area (Å²) < 4.78 is 6.47. The molecule has 0 N–H and O–H groups in total. The molecule has 1 heterocycles. The Kier molecular flexibility index (Phi) is 2.83. The largest absolute Gasteiger partial charge is 0.492 e. The molecule has 0 aromatic heterocycles. The van der Waals surface area contributed by atoms with Crippen molar-refractivity contribution in [1.82, 2.24) is 0 Å². The van der Waals surface area contributed by atoms with Gasteiger partial charge in [0.1, 0.15) is 5.75 Å². The highest BCUT2D eigenvalue weighted by molar-refractivity contribution is 9.10. The van der Waals surface area contributed by atoms with E-state index in [1.807, 2.05) is 26.0 Å². The van der Waals surface area contributed by atoms with E-state index < -0.39 is 0 Å². The molecule has 2 rings (SSSR count). The van der Waals surface area contributed by atoms with Gasteiger partial charge in [-0.1, -0.05) is 29.8 Å². The SMILES string of the molecule is CC(C)C(=O)c1cc(Br)cc2c1OCC2. The maximum atomic E-state index is 12.0. The number of carbonyl (C=O) groups excluding carboxylic acids is 1. The third kappa shape index (κ3) is 1.93. The molecule has 1 aromatic rings. The van der Waals surface area contributed by atoms with Crippen molar-refractivity contribution < 1.29 is 9.53 Å². The quantitative estimate of drug-likeness (QED) is 0.770. The molecule has 15 heavy (non-hydrogen) atoms. The zero-order valence-corrected chi connectivity index (χ0v) is 10.4. The zero-order chi connectivity index (χ0) is 11.0. The number of hydrogen-bond acceptors (Lipinski definition) is 2. The highest BCUT2D eigenvalue weighted by Crippen LogP contribution is 2.34. The first-order chi connectivity index (χ1) is 7.09. The molecule has 0 saturated carbocycles. The Morgan fingerprint density at radius 2 is 2.20 bits per heavy atom. The van der Waals surface area contributed by atoms with E-state index in [9.17, 15) is 4.79 Å². The fourth-order valence-electron chi connectivity index (χ4n) is 1.76. The molecule has 0 atom stereocenters. The summed E-state index contributed by atoms with van der Waals surface area (Å²) in [7, 11) is 0. The number of hydrogen-bond donors (Lipinski definition) is 0. The van der Waals surface area contributed by atoms with E-state index in [0.29, 0.717) is 12.2 Å². The minimum absolute atomic E-state index is 0.00704. The van der Waals surface area contributed by atoms with Gasteiger partial charge in [-0.2, -0.15) is 0 Å². The van der Waals surface area contributed by atoms with Crippen LogP contribution >= 0.6 is 15.9 Å². The molecule has 3 heteroatoms. The molecule has 0 amide bonds. The molecule has 1 aliphatic rings. The number of benzene rings is 1. The lowest BCUT2D eigenvalue weighted by molar-refractivity contribution is 0.0936. The number of halogens is 1. The van der Waals surface area contributed by atoms with E-state index in [2.05, 4.69) is 15.9 Å². The summed E-state index contributed by atoms with van der Waals surface area (Å²) in [4.78, 5) is 12.0. The van der Waals surface area contributed by atoms with E-state index in [4.69, 9.17) is 4.74 Å². The average molecular weight is 269 g/mol. The van der Waals surface area contributed by atoms with Crippen LogP contribution in [-0.4, -0.2) is 12.4 Å². The van der Waals surface area contributed by atoms with Gasteiger partial charge in [0.2, 0.25) is 0 Å². The molecule has 0 spiro atoms. The molecule has 80 valence electrons. The summed E-state index contributed by atoms with van der Waals surface area (Å²) >= 11 is 3.43. The Balaban J connectivity index is 2.51. The van der Waals surface area contributed by atoms with Crippen molar-refractivity contribution in [3.63, 3.8) is 0 Å². The van der Waals surface area contributed by atoms with Gasteiger partial charge in [-0.3, -0.25) is 4.79 Å². The summed E-state index contributed by atoms with van der Waals surface area (Å²) in [6, 6.07) is 3.88. The molecule has 1 aliphatic heterocycles. The molecule has 0 unspecified atom stereocenters. The van der Waals surface area contributed by atoms with Crippen LogP contribution in [0.3, 0.4) is 0 Å². The van der Waals surface area contributed by atoms with Crippen molar-refractivity contribution in [3.8, 4) is 5.75 Å². The molecule has 1 aromatic carbocycles. The second-order valence-corrected chi connectivity index (χ2v) is 4.97. The van der Waals surface area contributed by atoms with Crippen molar-refractivity contribution in [2.45, 2.75) is 20.3 Å². The Morgan fingerprint density at radius 1 is 1.47 bits per heavy atom. The predicted octanol–water partition coefficient (Wildman–Crippen LogP) is 3.22. The molecule has 0 fully saturated rings. The normalized spacial score (nSPS) is 13.9. The van der Waals surface area contributed by atoms with Crippen LogP contribution < -0.4 is 4.74 Å². The minimum Gasteiger partial charge on any atom is -0.492 e. The first-order valence-corrected chi connectivity index (χ1v) is 5.88. The summed E-state index contributed by atoms with van der Waals surface area (Å²) in [6.45, 7) is 4.50. The lowest BCUT2D eigenvalue weighted by Gasteiger charge is -2.09.